The van der Waals surface area contributed by atoms with Crippen LogP contribution in [0.5, 0.6) is 0 Å². The summed E-state index contributed by atoms with van der Waals surface area (Å²) >= 11 is 0. The molecule has 0 unspecified atom stereocenters. The molecule has 0 saturated heterocycles. The van der Waals surface area contributed by atoms with Crippen LogP contribution in [-0.4, -0.2) is 35.1 Å². The molecule has 1 aliphatic rings. The fourth-order valence-corrected chi connectivity index (χ4v) is 2.65. The minimum Gasteiger partial charge on any atom is -0.395 e. The van der Waals surface area contributed by atoms with Crippen LogP contribution in [0.25, 0.3) is 0 Å². The minimum atomic E-state index is -0.00970. The van der Waals surface area contributed by atoms with Crippen molar-refractivity contribution in [1.82, 2.24) is 4.90 Å². The van der Waals surface area contributed by atoms with E-state index < -0.39 is 0 Å². The molecule has 4 N–H and O–H groups in total. The Labute approximate surface area is 113 Å². The van der Waals surface area contributed by atoms with E-state index in [1.807, 2.05) is 0 Å². The topological polar surface area (TPSA) is 78.6 Å². The summed E-state index contributed by atoms with van der Waals surface area (Å²) in [5, 5.41) is 9.15. The molecule has 1 aromatic rings. The maximum atomic E-state index is 12.5. The number of rotatable bonds is 5. The van der Waals surface area contributed by atoms with Crippen molar-refractivity contribution in [3.63, 3.8) is 0 Å². The Balaban J connectivity index is 2.12. The lowest BCUT2D eigenvalue weighted by molar-refractivity contribution is 0.0638. The summed E-state index contributed by atoms with van der Waals surface area (Å²) in [4.78, 5) is 14.3. The molecule has 1 aliphatic carbocycles. The van der Waals surface area contributed by atoms with Gasteiger partial charge in [0.15, 0.2) is 0 Å². The standard InChI is InChI=1S/C14H21N3O2/c15-16-12-7-5-11(6-8-12)14(19)17(9-10-18)13-3-1-2-4-13/h5-8,13,16,18H,1-4,9-10,15H2. The minimum absolute atomic E-state index is 0.00464. The Morgan fingerprint density at radius 1 is 1.32 bits per heavy atom. The summed E-state index contributed by atoms with van der Waals surface area (Å²) in [6, 6.07) is 7.35. The van der Waals surface area contributed by atoms with Gasteiger partial charge in [-0.1, -0.05) is 12.8 Å². The first-order chi connectivity index (χ1) is 9.26. The van der Waals surface area contributed by atoms with E-state index in [1.54, 1.807) is 29.2 Å². The molecule has 5 heteroatoms. The molecule has 0 aromatic heterocycles. The largest absolute Gasteiger partial charge is 0.395 e. The molecule has 1 amide bonds. The van der Waals surface area contributed by atoms with E-state index in [2.05, 4.69) is 5.43 Å². The molecular formula is C14H21N3O2. The van der Waals surface area contributed by atoms with Gasteiger partial charge in [0.1, 0.15) is 0 Å². The summed E-state index contributed by atoms with van der Waals surface area (Å²) in [6.45, 7) is 0.408. The van der Waals surface area contributed by atoms with Crippen molar-refractivity contribution in [3.8, 4) is 0 Å². The third-order valence-electron chi connectivity index (χ3n) is 3.67. The van der Waals surface area contributed by atoms with E-state index >= 15 is 0 Å². The van der Waals surface area contributed by atoms with E-state index in [9.17, 15) is 4.79 Å². The Kier molecular flexibility index (Phi) is 4.76. The number of aliphatic hydroxyl groups excluding tert-OH is 1. The number of nitrogens with one attached hydrogen (secondary N) is 1. The van der Waals surface area contributed by atoms with Crippen molar-refractivity contribution in [1.29, 1.82) is 0 Å². The lowest BCUT2D eigenvalue weighted by Gasteiger charge is -2.28. The lowest BCUT2D eigenvalue weighted by atomic mass is 10.1. The lowest BCUT2D eigenvalue weighted by Crippen LogP contribution is -2.40. The Hall–Kier alpha value is -1.59. The molecule has 0 spiro atoms. The second kappa shape index (κ2) is 6.54. The molecule has 0 radical (unpaired) electrons. The second-order valence-corrected chi connectivity index (χ2v) is 4.88. The molecule has 1 fully saturated rings. The highest BCUT2D eigenvalue weighted by atomic mass is 16.3. The molecular weight excluding hydrogens is 242 g/mol. The van der Waals surface area contributed by atoms with Crippen molar-refractivity contribution in [2.24, 2.45) is 5.84 Å². The predicted molar refractivity (Wildman–Crippen MR) is 74.6 cm³/mol. The van der Waals surface area contributed by atoms with Crippen molar-refractivity contribution in [2.75, 3.05) is 18.6 Å². The van der Waals surface area contributed by atoms with Crippen LogP contribution >= 0.6 is 0 Å². The van der Waals surface area contributed by atoms with E-state index in [1.165, 1.54) is 0 Å². The van der Waals surface area contributed by atoms with Gasteiger partial charge < -0.3 is 15.4 Å². The van der Waals surface area contributed by atoms with Gasteiger partial charge in [0.25, 0.3) is 5.91 Å². The molecule has 19 heavy (non-hydrogen) atoms. The zero-order chi connectivity index (χ0) is 13.7. The van der Waals surface area contributed by atoms with E-state index in [0.29, 0.717) is 12.1 Å². The van der Waals surface area contributed by atoms with Gasteiger partial charge in [-0.25, -0.2) is 0 Å². The number of hydrogen-bond acceptors (Lipinski definition) is 4. The fourth-order valence-electron chi connectivity index (χ4n) is 2.65. The van der Waals surface area contributed by atoms with E-state index in [4.69, 9.17) is 10.9 Å². The smallest absolute Gasteiger partial charge is 0.254 e. The van der Waals surface area contributed by atoms with Crippen LogP contribution in [0.3, 0.4) is 0 Å². The number of benzene rings is 1. The maximum absolute atomic E-state index is 12.5. The first-order valence-electron chi connectivity index (χ1n) is 6.74. The van der Waals surface area contributed by atoms with Crippen LogP contribution in [0, 0.1) is 0 Å². The summed E-state index contributed by atoms with van der Waals surface area (Å²) in [5.74, 6) is 5.29. The van der Waals surface area contributed by atoms with Crippen molar-refractivity contribution in [2.45, 2.75) is 31.7 Å². The number of anilines is 1. The Morgan fingerprint density at radius 2 is 1.95 bits per heavy atom. The number of hydrogen-bond donors (Lipinski definition) is 3. The van der Waals surface area contributed by atoms with Gasteiger partial charge in [0.05, 0.1) is 6.61 Å². The van der Waals surface area contributed by atoms with Crippen LogP contribution < -0.4 is 11.3 Å². The van der Waals surface area contributed by atoms with Crippen LogP contribution in [0.15, 0.2) is 24.3 Å². The SMILES string of the molecule is NNc1ccc(C(=O)N(CCO)C2CCCC2)cc1. The molecule has 0 heterocycles. The van der Waals surface area contributed by atoms with Gasteiger partial charge in [0.2, 0.25) is 0 Å². The fraction of sp³-hybridized carbons (Fsp3) is 0.500. The second-order valence-electron chi connectivity index (χ2n) is 4.88. The molecule has 5 nitrogen and oxygen atoms in total. The first-order valence-corrected chi connectivity index (χ1v) is 6.74. The number of nitrogen functional groups attached to an aromatic ring is 1. The summed E-state index contributed by atoms with van der Waals surface area (Å²) in [7, 11) is 0. The van der Waals surface area contributed by atoms with Crippen LogP contribution in [0.4, 0.5) is 5.69 Å². The maximum Gasteiger partial charge on any atom is 0.254 e. The third-order valence-corrected chi connectivity index (χ3v) is 3.67. The zero-order valence-corrected chi connectivity index (χ0v) is 11.0. The Morgan fingerprint density at radius 3 is 2.47 bits per heavy atom. The molecule has 1 saturated carbocycles. The number of carbonyl (C=O) groups is 1. The van der Waals surface area contributed by atoms with Gasteiger partial charge in [-0.15, -0.1) is 0 Å². The first kappa shape index (κ1) is 13.8. The summed E-state index contributed by atoms with van der Waals surface area (Å²) in [5.41, 5.74) is 3.95. The highest BCUT2D eigenvalue weighted by Crippen LogP contribution is 2.25. The zero-order valence-electron chi connectivity index (χ0n) is 11.0. The number of hydrazine groups is 1. The van der Waals surface area contributed by atoms with E-state index in [0.717, 1.165) is 31.4 Å². The molecule has 1 aromatic carbocycles. The van der Waals surface area contributed by atoms with Crippen molar-refractivity contribution in [3.05, 3.63) is 29.8 Å². The van der Waals surface area contributed by atoms with Crippen molar-refractivity contribution >= 4 is 11.6 Å². The highest BCUT2D eigenvalue weighted by molar-refractivity contribution is 5.94. The average molecular weight is 263 g/mol. The molecule has 0 aliphatic heterocycles. The van der Waals surface area contributed by atoms with Crippen LogP contribution in [-0.2, 0) is 0 Å². The van der Waals surface area contributed by atoms with E-state index in [-0.39, 0.29) is 18.6 Å². The van der Waals surface area contributed by atoms with Gasteiger partial charge in [-0.2, -0.15) is 0 Å². The number of amides is 1. The highest BCUT2D eigenvalue weighted by Gasteiger charge is 2.26. The quantitative estimate of drug-likeness (QED) is 0.553. The van der Waals surface area contributed by atoms with Gasteiger partial charge in [-0.3, -0.25) is 10.6 Å². The third kappa shape index (κ3) is 3.24. The molecule has 2 rings (SSSR count). The van der Waals surface area contributed by atoms with Gasteiger partial charge >= 0.3 is 0 Å². The van der Waals surface area contributed by atoms with Crippen molar-refractivity contribution < 1.29 is 9.90 Å². The number of nitrogens with two attached hydrogens (primary N) is 1. The molecule has 104 valence electrons. The van der Waals surface area contributed by atoms with Crippen LogP contribution in [0.1, 0.15) is 36.0 Å². The monoisotopic (exact) mass is 263 g/mol. The summed E-state index contributed by atoms with van der Waals surface area (Å²) in [6.07, 6.45) is 4.40. The van der Waals surface area contributed by atoms with Gasteiger partial charge in [0, 0.05) is 23.8 Å². The predicted octanol–water partition coefficient (Wildman–Crippen LogP) is 1.35. The molecule has 0 bridgehead atoms. The number of carbonyl (C=O) groups excluding carboxylic acids is 1. The summed E-state index contributed by atoms with van der Waals surface area (Å²) < 4.78 is 0. The van der Waals surface area contributed by atoms with Crippen LogP contribution in [0.2, 0.25) is 0 Å². The van der Waals surface area contributed by atoms with Gasteiger partial charge in [-0.05, 0) is 37.1 Å². The normalized spacial score (nSPS) is 15.5. The Bertz CT molecular complexity index is 413. The average Bonchev–Trinajstić information content (AvgIpc) is 2.98. The number of aliphatic hydroxyl groups is 1. The number of nitrogens with zero attached hydrogens (tertiary/aromatic N) is 1. The molecule has 0 atom stereocenters.